The number of nitrogens with zero attached hydrogens (tertiary/aromatic N) is 1. The first kappa shape index (κ1) is 16.8. The van der Waals surface area contributed by atoms with E-state index in [-0.39, 0.29) is 6.04 Å². The number of aryl methyl sites for hydroxylation is 1. The second-order valence-electron chi connectivity index (χ2n) is 6.65. The van der Waals surface area contributed by atoms with Crippen molar-refractivity contribution in [3.63, 3.8) is 0 Å². The van der Waals surface area contributed by atoms with Crippen molar-refractivity contribution in [2.24, 2.45) is 0 Å². The topological polar surface area (TPSA) is 40.5 Å². The van der Waals surface area contributed by atoms with Gasteiger partial charge in [0.2, 0.25) is 0 Å². The molecular weight excluding hydrogens is 350 g/mol. The van der Waals surface area contributed by atoms with Gasteiger partial charge in [-0.05, 0) is 65.7 Å². The normalized spacial score (nSPS) is 20.0. The van der Waals surface area contributed by atoms with Gasteiger partial charge >= 0.3 is 5.97 Å². The highest BCUT2D eigenvalue weighted by Gasteiger charge is 2.37. The molecule has 3 heterocycles. The van der Waals surface area contributed by atoms with Crippen LogP contribution in [0.15, 0.2) is 41.1 Å². The number of benzene rings is 1. The molecule has 0 bridgehead atoms. The van der Waals surface area contributed by atoms with Crippen LogP contribution in [-0.4, -0.2) is 28.6 Å². The minimum absolute atomic E-state index is 0.0255. The van der Waals surface area contributed by atoms with Crippen molar-refractivity contribution in [3.8, 4) is 0 Å². The van der Waals surface area contributed by atoms with Crippen molar-refractivity contribution in [2.75, 3.05) is 6.54 Å². The third-order valence-electron chi connectivity index (χ3n) is 5.12. The van der Waals surface area contributed by atoms with Crippen LogP contribution in [0.1, 0.15) is 41.3 Å². The van der Waals surface area contributed by atoms with E-state index in [0.717, 1.165) is 25.8 Å². The predicted molar refractivity (Wildman–Crippen MR) is 105 cm³/mol. The zero-order valence-corrected chi connectivity index (χ0v) is 15.8. The molecule has 0 amide bonds. The first-order valence-electron chi connectivity index (χ1n) is 8.65. The number of carboxylic acids is 1. The molecular formula is C20H21NO2S2. The SMILES string of the molecule is Cc1ccsc1C(c1csc2ccccc12)N1CCCCC1C(=O)O. The number of hydrogen-bond acceptors (Lipinski definition) is 4. The third kappa shape index (κ3) is 3.01. The minimum Gasteiger partial charge on any atom is -0.480 e. The van der Waals surface area contributed by atoms with E-state index in [0.29, 0.717) is 0 Å². The quantitative estimate of drug-likeness (QED) is 0.676. The molecule has 3 aromatic rings. The Morgan fingerprint density at radius 2 is 2.08 bits per heavy atom. The number of piperidine rings is 1. The zero-order valence-electron chi connectivity index (χ0n) is 14.1. The second kappa shape index (κ2) is 6.90. The fraction of sp³-hybridized carbons (Fsp3) is 0.350. The lowest BCUT2D eigenvalue weighted by molar-refractivity contribution is -0.145. The summed E-state index contributed by atoms with van der Waals surface area (Å²) < 4.78 is 1.26. The highest BCUT2D eigenvalue weighted by atomic mass is 32.1. The molecule has 25 heavy (non-hydrogen) atoms. The van der Waals surface area contributed by atoms with Gasteiger partial charge in [0.1, 0.15) is 6.04 Å². The minimum atomic E-state index is -0.696. The van der Waals surface area contributed by atoms with Gasteiger partial charge in [0.25, 0.3) is 0 Å². The summed E-state index contributed by atoms with van der Waals surface area (Å²) in [5.41, 5.74) is 2.50. The van der Waals surface area contributed by atoms with Gasteiger partial charge in [-0.15, -0.1) is 22.7 Å². The Labute approximate surface area is 155 Å². The Morgan fingerprint density at radius 1 is 1.24 bits per heavy atom. The van der Waals surface area contributed by atoms with Crippen molar-refractivity contribution in [1.29, 1.82) is 0 Å². The van der Waals surface area contributed by atoms with E-state index in [1.807, 2.05) is 0 Å². The van der Waals surface area contributed by atoms with Gasteiger partial charge in [-0.3, -0.25) is 9.69 Å². The summed E-state index contributed by atoms with van der Waals surface area (Å²) in [5, 5.41) is 15.4. The summed E-state index contributed by atoms with van der Waals surface area (Å²) in [4.78, 5) is 15.4. The monoisotopic (exact) mass is 371 g/mol. The van der Waals surface area contributed by atoms with Crippen LogP contribution in [0, 0.1) is 6.92 Å². The van der Waals surface area contributed by atoms with Crippen molar-refractivity contribution < 1.29 is 9.90 Å². The van der Waals surface area contributed by atoms with Gasteiger partial charge in [0.15, 0.2) is 0 Å². The molecule has 4 rings (SSSR count). The average Bonchev–Trinajstić information content (AvgIpc) is 3.23. The molecule has 0 saturated carbocycles. The van der Waals surface area contributed by atoms with Crippen LogP contribution in [0.4, 0.5) is 0 Å². The number of aliphatic carboxylic acids is 1. The Kier molecular flexibility index (Phi) is 4.63. The van der Waals surface area contributed by atoms with Crippen LogP contribution in [-0.2, 0) is 4.79 Å². The number of thiophene rings is 2. The lowest BCUT2D eigenvalue weighted by Crippen LogP contribution is -2.46. The van der Waals surface area contributed by atoms with Crippen molar-refractivity contribution in [3.05, 3.63) is 57.1 Å². The lowest BCUT2D eigenvalue weighted by atomic mass is 9.94. The molecule has 3 nitrogen and oxygen atoms in total. The van der Waals surface area contributed by atoms with Crippen molar-refractivity contribution in [1.82, 2.24) is 4.90 Å². The maximum atomic E-state index is 11.9. The maximum absolute atomic E-state index is 11.9. The van der Waals surface area contributed by atoms with Crippen molar-refractivity contribution >= 4 is 38.7 Å². The Morgan fingerprint density at radius 3 is 2.84 bits per heavy atom. The number of carboxylic acid groups (broad SMARTS) is 1. The molecule has 2 atom stereocenters. The van der Waals surface area contributed by atoms with E-state index < -0.39 is 12.0 Å². The largest absolute Gasteiger partial charge is 0.480 e. The third-order valence-corrected chi connectivity index (χ3v) is 7.17. The molecule has 5 heteroatoms. The molecule has 1 saturated heterocycles. The summed E-state index contributed by atoms with van der Waals surface area (Å²) in [6.45, 7) is 2.97. The molecule has 2 unspecified atom stereocenters. The van der Waals surface area contributed by atoms with E-state index in [2.05, 4.69) is 52.9 Å². The standard InChI is InChI=1S/C20H21NO2S2/c1-13-9-11-24-19(13)18(21-10-5-4-7-16(21)20(22)23)15-12-25-17-8-3-2-6-14(15)17/h2-3,6,8-9,11-12,16,18H,4-5,7,10H2,1H3,(H,22,23). The molecule has 1 aromatic carbocycles. The van der Waals surface area contributed by atoms with Crippen LogP contribution >= 0.6 is 22.7 Å². The number of carbonyl (C=O) groups is 1. The van der Waals surface area contributed by atoms with Gasteiger partial charge in [-0.2, -0.15) is 0 Å². The molecule has 1 fully saturated rings. The predicted octanol–water partition coefficient (Wildman–Crippen LogP) is 5.30. The van der Waals surface area contributed by atoms with Crippen molar-refractivity contribution in [2.45, 2.75) is 38.3 Å². The fourth-order valence-corrected chi connectivity index (χ4v) is 5.92. The number of rotatable bonds is 4. The molecule has 2 aromatic heterocycles. The van der Waals surface area contributed by atoms with E-state index in [1.165, 1.54) is 26.1 Å². The van der Waals surface area contributed by atoms with Crippen LogP contribution in [0.3, 0.4) is 0 Å². The second-order valence-corrected chi connectivity index (χ2v) is 8.50. The number of hydrogen-bond donors (Lipinski definition) is 1. The van der Waals surface area contributed by atoms with Crippen LogP contribution in [0.2, 0.25) is 0 Å². The highest BCUT2D eigenvalue weighted by molar-refractivity contribution is 7.17. The molecule has 1 aliphatic heterocycles. The van der Waals surface area contributed by atoms with Gasteiger partial charge in [-0.1, -0.05) is 24.6 Å². The lowest BCUT2D eigenvalue weighted by Gasteiger charge is -2.39. The summed E-state index contributed by atoms with van der Waals surface area (Å²) in [6.07, 6.45) is 2.79. The zero-order chi connectivity index (χ0) is 17.4. The first-order valence-corrected chi connectivity index (χ1v) is 10.4. The van der Waals surface area contributed by atoms with E-state index in [9.17, 15) is 9.90 Å². The molecule has 0 spiro atoms. The van der Waals surface area contributed by atoms with Crippen LogP contribution in [0.5, 0.6) is 0 Å². The first-order chi connectivity index (χ1) is 12.2. The van der Waals surface area contributed by atoms with E-state index in [4.69, 9.17) is 0 Å². The Hall–Kier alpha value is -1.69. The smallest absolute Gasteiger partial charge is 0.320 e. The molecule has 1 aliphatic rings. The molecule has 0 radical (unpaired) electrons. The molecule has 0 aliphatic carbocycles. The number of likely N-dealkylation sites (tertiary alicyclic amines) is 1. The van der Waals surface area contributed by atoms with Gasteiger partial charge in [0, 0.05) is 9.58 Å². The number of fused-ring (bicyclic) bond motifs is 1. The summed E-state index contributed by atoms with van der Waals surface area (Å²) in [6, 6.07) is 10.2. The fourth-order valence-electron chi connectivity index (χ4n) is 3.87. The average molecular weight is 372 g/mol. The summed E-state index contributed by atoms with van der Waals surface area (Å²) >= 11 is 3.49. The Balaban J connectivity index is 1.88. The van der Waals surface area contributed by atoms with Gasteiger partial charge in [-0.25, -0.2) is 0 Å². The Bertz CT molecular complexity index is 898. The van der Waals surface area contributed by atoms with E-state index in [1.54, 1.807) is 22.7 Å². The van der Waals surface area contributed by atoms with Crippen LogP contribution < -0.4 is 0 Å². The summed E-state index contributed by atoms with van der Waals surface area (Å²) in [7, 11) is 0. The van der Waals surface area contributed by atoms with Crippen LogP contribution in [0.25, 0.3) is 10.1 Å². The van der Waals surface area contributed by atoms with Gasteiger partial charge in [0.05, 0.1) is 6.04 Å². The van der Waals surface area contributed by atoms with E-state index >= 15 is 0 Å². The molecule has 130 valence electrons. The summed E-state index contributed by atoms with van der Waals surface area (Å²) in [5.74, 6) is -0.696. The molecule has 1 N–H and O–H groups in total. The maximum Gasteiger partial charge on any atom is 0.320 e. The van der Waals surface area contributed by atoms with Gasteiger partial charge < -0.3 is 5.11 Å². The highest BCUT2D eigenvalue weighted by Crippen LogP contribution is 2.42.